The lowest BCUT2D eigenvalue weighted by atomic mass is 10.0. The molecule has 24 heavy (non-hydrogen) atoms. The van der Waals surface area contributed by atoms with Crippen molar-refractivity contribution in [2.75, 3.05) is 0 Å². The van der Waals surface area contributed by atoms with Gasteiger partial charge in [-0.25, -0.2) is 23.3 Å². The van der Waals surface area contributed by atoms with Crippen LogP contribution in [0.5, 0.6) is 0 Å². The van der Waals surface area contributed by atoms with Crippen molar-refractivity contribution in [1.82, 2.24) is 14.5 Å². The lowest BCUT2D eigenvalue weighted by molar-refractivity contribution is -0.0309. The minimum absolute atomic E-state index is 0.217. The molecule has 0 aromatic carbocycles. The van der Waals surface area contributed by atoms with Crippen molar-refractivity contribution in [3.8, 4) is 5.13 Å². The molecule has 0 aliphatic heterocycles. The van der Waals surface area contributed by atoms with E-state index >= 15 is 0 Å². The Balaban J connectivity index is 1.98. The summed E-state index contributed by atoms with van der Waals surface area (Å²) in [6.45, 7) is 3.44. The Hall–Kier alpha value is -1.67. The van der Waals surface area contributed by atoms with Crippen LogP contribution in [0.4, 0.5) is 8.78 Å². The van der Waals surface area contributed by atoms with Crippen molar-refractivity contribution in [3.05, 3.63) is 38.7 Å². The van der Waals surface area contributed by atoms with Crippen LogP contribution in [-0.2, 0) is 0 Å². The van der Waals surface area contributed by atoms with Gasteiger partial charge in [0.25, 0.3) is 11.5 Å². The molecule has 0 amide bonds. The summed E-state index contributed by atoms with van der Waals surface area (Å²) in [6.07, 6.45) is 1.64. The largest absolute Gasteiger partial charge is 0.277 e. The van der Waals surface area contributed by atoms with E-state index in [2.05, 4.69) is 9.97 Å². The second kappa shape index (κ2) is 5.42. The SMILES string of the molecule is Cc1csc2c(=O)n(-c3nccs3)c(C3CC(C)C(F)(F)C3)nc12. The van der Waals surface area contributed by atoms with E-state index in [1.54, 1.807) is 18.5 Å². The van der Waals surface area contributed by atoms with E-state index in [-0.39, 0.29) is 12.0 Å². The fourth-order valence-corrected chi connectivity index (χ4v) is 4.86. The summed E-state index contributed by atoms with van der Waals surface area (Å²) in [4.78, 5) is 21.8. The van der Waals surface area contributed by atoms with Crippen LogP contribution in [0.25, 0.3) is 15.3 Å². The Morgan fingerprint density at radius 1 is 1.38 bits per heavy atom. The quantitative estimate of drug-likeness (QED) is 0.676. The zero-order valence-electron chi connectivity index (χ0n) is 13.1. The monoisotopic (exact) mass is 367 g/mol. The highest BCUT2D eigenvalue weighted by atomic mass is 32.1. The normalized spacial score (nSPS) is 23.2. The summed E-state index contributed by atoms with van der Waals surface area (Å²) in [5.74, 6) is -3.49. The minimum Gasteiger partial charge on any atom is -0.267 e. The third-order valence-corrected chi connectivity index (χ3v) is 6.48. The van der Waals surface area contributed by atoms with Gasteiger partial charge < -0.3 is 0 Å². The van der Waals surface area contributed by atoms with Crippen molar-refractivity contribution in [2.24, 2.45) is 5.92 Å². The molecule has 8 heteroatoms. The van der Waals surface area contributed by atoms with Gasteiger partial charge in [0.15, 0.2) is 5.13 Å². The fraction of sp³-hybridized carbons (Fsp3) is 0.438. The number of alkyl halides is 2. The van der Waals surface area contributed by atoms with Gasteiger partial charge in [-0.2, -0.15) is 0 Å². The Labute approximate surface area is 144 Å². The number of aromatic nitrogens is 3. The zero-order valence-corrected chi connectivity index (χ0v) is 14.8. The number of rotatable bonds is 2. The molecule has 4 nitrogen and oxygen atoms in total. The highest BCUT2D eigenvalue weighted by molar-refractivity contribution is 7.17. The molecule has 1 saturated carbocycles. The average molecular weight is 367 g/mol. The van der Waals surface area contributed by atoms with Gasteiger partial charge in [-0.15, -0.1) is 22.7 Å². The van der Waals surface area contributed by atoms with Gasteiger partial charge >= 0.3 is 0 Å². The van der Waals surface area contributed by atoms with Gasteiger partial charge in [-0.3, -0.25) is 4.79 Å². The van der Waals surface area contributed by atoms with Gasteiger partial charge in [-0.05, 0) is 24.3 Å². The maximum absolute atomic E-state index is 14.1. The van der Waals surface area contributed by atoms with Crippen LogP contribution < -0.4 is 5.56 Å². The standard InChI is InChI=1S/C16H15F2N3OS2/c1-8-7-24-12-11(8)20-13(10-5-9(2)16(17,18)6-10)21(14(12)22)15-19-3-4-23-15/h3-4,7,9-10H,5-6H2,1-2H3. The molecule has 2 unspecified atom stereocenters. The smallest absolute Gasteiger partial charge is 0.267 e. The zero-order chi connectivity index (χ0) is 17.1. The topological polar surface area (TPSA) is 47.8 Å². The molecule has 3 aromatic rings. The molecule has 0 N–H and O–H groups in total. The lowest BCUT2D eigenvalue weighted by Crippen LogP contribution is -2.25. The van der Waals surface area contributed by atoms with E-state index in [0.717, 1.165) is 5.56 Å². The molecule has 126 valence electrons. The molecule has 3 heterocycles. The molecule has 1 aliphatic carbocycles. The first kappa shape index (κ1) is 15.8. The second-order valence-electron chi connectivity index (χ2n) is 6.32. The fourth-order valence-electron chi connectivity index (χ4n) is 3.29. The van der Waals surface area contributed by atoms with Crippen molar-refractivity contribution >= 4 is 32.9 Å². The van der Waals surface area contributed by atoms with Crippen LogP contribution in [-0.4, -0.2) is 20.5 Å². The second-order valence-corrected chi connectivity index (χ2v) is 8.07. The van der Waals surface area contributed by atoms with Crippen LogP contribution in [0.1, 0.15) is 37.1 Å². The number of hydrogen-bond donors (Lipinski definition) is 0. The molecule has 1 fully saturated rings. The Kier molecular flexibility index (Phi) is 3.58. The van der Waals surface area contributed by atoms with Gasteiger partial charge in [0.2, 0.25) is 0 Å². The Morgan fingerprint density at radius 2 is 2.17 bits per heavy atom. The minimum atomic E-state index is -2.73. The first-order valence-corrected chi connectivity index (χ1v) is 9.43. The van der Waals surface area contributed by atoms with E-state index < -0.39 is 17.8 Å². The van der Waals surface area contributed by atoms with Crippen molar-refractivity contribution in [2.45, 2.75) is 38.5 Å². The van der Waals surface area contributed by atoms with Gasteiger partial charge in [0.1, 0.15) is 10.5 Å². The lowest BCUT2D eigenvalue weighted by Gasteiger charge is -2.15. The van der Waals surface area contributed by atoms with Crippen molar-refractivity contribution in [3.63, 3.8) is 0 Å². The maximum Gasteiger partial charge on any atom is 0.277 e. The highest BCUT2D eigenvalue weighted by Crippen LogP contribution is 2.48. The Morgan fingerprint density at radius 3 is 2.79 bits per heavy atom. The van der Waals surface area contributed by atoms with E-state index in [1.165, 1.54) is 27.2 Å². The maximum atomic E-state index is 14.1. The highest BCUT2D eigenvalue weighted by Gasteiger charge is 2.48. The molecule has 0 saturated heterocycles. The third-order valence-electron chi connectivity index (χ3n) is 4.65. The van der Waals surface area contributed by atoms with Crippen LogP contribution in [0.15, 0.2) is 21.8 Å². The summed E-state index contributed by atoms with van der Waals surface area (Å²) < 4.78 is 30.1. The van der Waals surface area contributed by atoms with E-state index in [0.29, 0.717) is 27.6 Å². The average Bonchev–Trinajstić information content (AvgIpc) is 3.21. The van der Waals surface area contributed by atoms with Gasteiger partial charge in [0.05, 0.1) is 5.52 Å². The number of fused-ring (bicyclic) bond motifs is 1. The molecule has 0 spiro atoms. The number of nitrogens with zero attached hydrogens (tertiary/aromatic N) is 3. The van der Waals surface area contributed by atoms with E-state index in [9.17, 15) is 13.6 Å². The number of thiazole rings is 1. The third kappa shape index (κ3) is 2.31. The van der Waals surface area contributed by atoms with Crippen LogP contribution in [0.3, 0.4) is 0 Å². The number of thiophene rings is 1. The molecule has 0 radical (unpaired) electrons. The number of aryl methyl sites for hydroxylation is 1. The van der Waals surface area contributed by atoms with Gasteiger partial charge in [0, 0.05) is 29.8 Å². The molecular formula is C16H15F2N3OS2. The molecular weight excluding hydrogens is 352 g/mol. The van der Waals surface area contributed by atoms with Gasteiger partial charge in [-0.1, -0.05) is 6.92 Å². The predicted octanol–water partition coefficient (Wildman–Crippen LogP) is 4.36. The van der Waals surface area contributed by atoms with E-state index in [4.69, 9.17) is 0 Å². The molecule has 0 bridgehead atoms. The number of halogens is 2. The van der Waals surface area contributed by atoms with Crippen LogP contribution in [0.2, 0.25) is 0 Å². The molecule has 1 aliphatic rings. The van der Waals surface area contributed by atoms with Crippen LogP contribution in [0, 0.1) is 12.8 Å². The summed E-state index contributed by atoms with van der Waals surface area (Å²) in [5, 5.41) is 4.13. The predicted molar refractivity (Wildman–Crippen MR) is 91.7 cm³/mol. The van der Waals surface area contributed by atoms with Crippen molar-refractivity contribution < 1.29 is 8.78 Å². The van der Waals surface area contributed by atoms with Crippen molar-refractivity contribution in [1.29, 1.82) is 0 Å². The molecule has 4 rings (SSSR count). The van der Waals surface area contributed by atoms with E-state index in [1.807, 2.05) is 12.3 Å². The summed E-state index contributed by atoms with van der Waals surface area (Å²) in [6, 6.07) is 0. The summed E-state index contributed by atoms with van der Waals surface area (Å²) in [5.41, 5.74) is 1.30. The molecule has 3 aromatic heterocycles. The first-order chi connectivity index (χ1) is 11.4. The summed E-state index contributed by atoms with van der Waals surface area (Å²) >= 11 is 2.64. The Bertz CT molecular complexity index is 962. The number of hydrogen-bond acceptors (Lipinski definition) is 5. The first-order valence-electron chi connectivity index (χ1n) is 7.67. The van der Waals surface area contributed by atoms with Crippen LogP contribution >= 0.6 is 22.7 Å². The summed E-state index contributed by atoms with van der Waals surface area (Å²) in [7, 11) is 0. The molecule has 2 atom stereocenters.